The van der Waals surface area contributed by atoms with Gasteiger partial charge in [-0.25, -0.2) is 17.8 Å². The Balaban J connectivity index is 0.000001000. The number of halogens is 2. The minimum atomic E-state index is 0. The number of hydrogen-bond acceptors (Lipinski definition) is 2. The van der Waals surface area contributed by atoms with Gasteiger partial charge in [0.05, 0.1) is 5.52 Å². The topological polar surface area (TPSA) is 12.9 Å². The number of pyridine rings is 1. The molecule has 1 atom stereocenters. The van der Waals surface area contributed by atoms with Crippen molar-refractivity contribution in [2.45, 2.75) is 6.92 Å². The Morgan fingerprint density at radius 1 is 0.931 bits per heavy atom. The molecule has 3 aromatic rings. The van der Waals surface area contributed by atoms with E-state index in [2.05, 4.69) is 60.5 Å². The molecule has 2 aliphatic rings. The van der Waals surface area contributed by atoms with Crippen LogP contribution in [0.15, 0.2) is 84.1 Å². The third-order valence-electron chi connectivity index (χ3n) is 5.14. The van der Waals surface area contributed by atoms with Crippen LogP contribution >= 0.6 is 12.2 Å². The first-order valence-corrected chi connectivity index (χ1v) is 9.14. The molecular weight excluding hydrogens is 496 g/mol. The van der Waals surface area contributed by atoms with Crippen LogP contribution in [-0.4, -0.2) is 9.85 Å². The smallest absolute Gasteiger partial charge is 1.00 e. The van der Waals surface area contributed by atoms with Gasteiger partial charge in [0.1, 0.15) is 0 Å². The monoisotopic (exact) mass is 510 g/mol. The van der Waals surface area contributed by atoms with Crippen LogP contribution in [-0.2, 0) is 26.2 Å². The SMILES string of the molecule is CC1=[C-]C2C(c3ccccc3)=CC(c3cnc4ccccc4c3)=C2C1=S.[Cl-].[Cl-].[Zr+3]. The first-order valence-electron chi connectivity index (χ1n) is 8.73. The number of nitrogens with zero attached hydrogens (tertiary/aromatic N) is 1. The van der Waals surface area contributed by atoms with Gasteiger partial charge in [0.2, 0.25) is 0 Å². The Morgan fingerprint density at radius 3 is 2.38 bits per heavy atom. The minimum absolute atomic E-state index is 0. The molecule has 1 heterocycles. The van der Waals surface area contributed by atoms with Crippen molar-refractivity contribution in [1.82, 2.24) is 4.98 Å². The predicted molar refractivity (Wildman–Crippen MR) is 112 cm³/mol. The quantitative estimate of drug-likeness (QED) is 0.350. The zero-order valence-corrected chi connectivity index (χ0v) is 20.4. The van der Waals surface area contributed by atoms with Crippen molar-refractivity contribution < 1.29 is 51.0 Å². The molecule has 1 aromatic heterocycles. The van der Waals surface area contributed by atoms with E-state index in [4.69, 9.17) is 12.2 Å². The summed E-state index contributed by atoms with van der Waals surface area (Å²) in [6, 6.07) is 20.9. The molecule has 2 aliphatic carbocycles. The fourth-order valence-corrected chi connectivity index (χ4v) is 4.14. The molecule has 0 spiro atoms. The normalized spacial score (nSPS) is 17.0. The Morgan fingerprint density at radius 2 is 1.62 bits per heavy atom. The van der Waals surface area contributed by atoms with Crippen LogP contribution in [0.1, 0.15) is 18.1 Å². The molecule has 0 N–H and O–H groups in total. The van der Waals surface area contributed by atoms with Crippen LogP contribution in [0.5, 0.6) is 0 Å². The van der Waals surface area contributed by atoms with Gasteiger partial charge in [0.15, 0.2) is 0 Å². The average molecular weight is 513 g/mol. The van der Waals surface area contributed by atoms with Crippen LogP contribution in [0, 0.1) is 12.0 Å². The molecule has 1 unspecified atom stereocenters. The van der Waals surface area contributed by atoms with E-state index in [1.807, 2.05) is 30.5 Å². The summed E-state index contributed by atoms with van der Waals surface area (Å²) in [5.41, 5.74) is 8.08. The minimum Gasteiger partial charge on any atom is -1.00 e. The molecule has 0 amide bonds. The van der Waals surface area contributed by atoms with Crippen molar-refractivity contribution in [3.05, 3.63) is 101 Å². The molecule has 0 fully saturated rings. The summed E-state index contributed by atoms with van der Waals surface area (Å²) < 4.78 is 0. The molecular formula is C24H16Cl2NSZr. The molecule has 0 saturated heterocycles. The summed E-state index contributed by atoms with van der Waals surface area (Å²) in [6.45, 7) is 2.06. The number of rotatable bonds is 2. The Kier molecular flexibility index (Phi) is 7.93. The van der Waals surface area contributed by atoms with Gasteiger partial charge in [0, 0.05) is 11.6 Å². The van der Waals surface area contributed by atoms with Gasteiger partial charge in [0.25, 0.3) is 0 Å². The second-order valence-electron chi connectivity index (χ2n) is 6.74. The fraction of sp³-hybridized carbons (Fsp3) is 0.0833. The van der Waals surface area contributed by atoms with Crippen LogP contribution in [0.2, 0.25) is 0 Å². The number of allylic oxidation sites excluding steroid dienone is 6. The second kappa shape index (κ2) is 9.62. The molecule has 5 heteroatoms. The molecule has 0 bridgehead atoms. The molecule has 0 aliphatic heterocycles. The summed E-state index contributed by atoms with van der Waals surface area (Å²) in [6.07, 6.45) is 7.81. The Labute approximate surface area is 208 Å². The van der Waals surface area contributed by atoms with Crippen molar-refractivity contribution in [3.8, 4) is 0 Å². The third kappa shape index (κ3) is 4.12. The van der Waals surface area contributed by atoms with Gasteiger partial charge in [-0.15, -0.1) is 10.4 Å². The van der Waals surface area contributed by atoms with E-state index in [1.165, 1.54) is 22.3 Å². The number of hydrogen-bond donors (Lipinski definition) is 0. The van der Waals surface area contributed by atoms with Gasteiger partial charge in [-0.3, -0.25) is 11.1 Å². The molecule has 0 saturated carbocycles. The van der Waals surface area contributed by atoms with E-state index in [0.29, 0.717) is 0 Å². The maximum absolute atomic E-state index is 5.74. The number of thiocarbonyl (C=S) groups is 1. The molecule has 1 nitrogen and oxygen atoms in total. The first kappa shape index (κ1) is 23.9. The summed E-state index contributed by atoms with van der Waals surface area (Å²) in [4.78, 5) is 5.58. The van der Waals surface area contributed by atoms with Gasteiger partial charge in [-0.1, -0.05) is 67.4 Å². The van der Waals surface area contributed by atoms with E-state index in [0.717, 1.165) is 26.9 Å². The number of fused-ring (bicyclic) bond motifs is 2. The van der Waals surface area contributed by atoms with Crippen molar-refractivity contribution in [2.24, 2.45) is 5.92 Å². The van der Waals surface area contributed by atoms with Crippen LogP contribution in [0.3, 0.4) is 0 Å². The van der Waals surface area contributed by atoms with E-state index in [1.54, 1.807) is 0 Å². The molecule has 141 valence electrons. The fourth-order valence-electron chi connectivity index (χ4n) is 3.85. The van der Waals surface area contributed by atoms with E-state index in [9.17, 15) is 0 Å². The van der Waals surface area contributed by atoms with Crippen LogP contribution in [0.4, 0.5) is 0 Å². The molecule has 29 heavy (non-hydrogen) atoms. The number of aromatic nitrogens is 1. The van der Waals surface area contributed by atoms with E-state index >= 15 is 0 Å². The maximum Gasteiger partial charge on any atom is 3.00 e. The van der Waals surface area contributed by atoms with Gasteiger partial charge in [-0.2, -0.15) is 0 Å². The Hall–Kier alpha value is -1.38. The van der Waals surface area contributed by atoms with Crippen molar-refractivity contribution >= 4 is 39.1 Å². The maximum atomic E-state index is 5.74. The zero-order valence-electron chi connectivity index (χ0n) is 15.6. The molecule has 1 radical (unpaired) electrons. The largest absolute Gasteiger partial charge is 3.00 e. The molecule has 2 aromatic carbocycles. The molecule has 5 rings (SSSR count). The first-order chi connectivity index (χ1) is 12.7. The van der Waals surface area contributed by atoms with Crippen molar-refractivity contribution in [3.63, 3.8) is 0 Å². The van der Waals surface area contributed by atoms with Gasteiger partial charge >= 0.3 is 26.2 Å². The number of para-hydroxylation sites is 1. The zero-order chi connectivity index (χ0) is 17.7. The Bertz CT molecular complexity index is 1170. The second-order valence-corrected chi connectivity index (χ2v) is 7.15. The van der Waals surface area contributed by atoms with Gasteiger partial charge < -0.3 is 24.8 Å². The summed E-state index contributed by atoms with van der Waals surface area (Å²) in [5.74, 6) is 0.131. The van der Waals surface area contributed by atoms with Crippen molar-refractivity contribution in [2.75, 3.05) is 0 Å². The number of benzene rings is 2. The predicted octanol–water partition coefficient (Wildman–Crippen LogP) is -0.160. The van der Waals surface area contributed by atoms with E-state index < -0.39 is 0 Å². The standard InChI is InChI=1S/C24H16NS.2ClH.Zr/c1-15-11-21-19(16-7-3-2-4-8-16)13-20(23(21)24(15)26)18-12-17-9-5-6-10-22(17)25-14-18;;;/h2-10,12-14,21H,1H3;2*1H;/q-1;;;+3/p-2. The van der Waals surface area contributed by atoms with E-state index in [-0.39, 0.29) is 56.9 Å². The average Bonchev–Trinajstić information content (AvgIpc) is 3.19. The summed E-state index contributed by atoms with van der Waals surface area (Å²) >= 11 is 5.74. The van der Waals surface area contributed by atoms with Crippen LogP contribution < -0.4 is 24.8 Å². The third-order valence-corrected chi connectivity index (χ3v) is 5.67. The van der Waals surface area contributed by atoms with Crippen LogP contribution in [0.25, 0.3) is 22.0 Å². The summed E-state index contributed by atoms with van der Waals surface area (Å²) in [7, 11) is 0. The van der Waals surface area contributed by atoms with Gasteiger partial charge in [-0.05, 0) is 34.4 Å². The van der Waals surface area contributed by atoms with Crippen molar-refractivity contribution in [1.29, 1.82) is 0 Å². The summed E-state index contributed by atoms with van der Waals surface area (Å²) in [5, 5.41) is 1.15.